The quantitative estimate of drug-likeness (QED) is 0.682. The number of hydrogen-bond donors (Lipinski definition) is 1. The van der Waals surface area contributed by atoms with Gasteiger partial charge < -0.3 is 14.6 Å². The lowest BCUT2D eigenvalue weighted by molar-refractivity contribution is -0.290. The highest BCUT2D eigenvalue weighted by Crippen LogP contribution is 2.27. The first kappa shape index (κ1) is 9.96. The van der Waals surface area contributed by atoms with Crippen molar-refractivity contribution in [1.29, 1.82) is 0 Å². The third kappa shape index (κ3) is 2.44. The normalized spacial score (nSPS) is 35.0. The summed E-state index contributed by atoms with van der Waals surface area (Å²) in [5.74, 6) is -0.117. The van der Waals surface area contributed by atoms with Crippen molar-refractivity contribution in [2.45, 2.75) is 39.1 Å². The van der Waals surface area contributed by atoms with Crippen LogP contribution in [-0.2, 0) is 9.47 Å². The maximum atomic E-state index is 8.76. The van der Waals surface area contributed by atoms with Crippen LogP contribution in [0, 0.1) is 5.92 Å². The molecule has 1 fully saturated rings. The van der Waals surface area contributed by atoms with E-state index in [-0.39, 0.29) is 12.7 Å². The van der Waals surface area contributed by atoms with E-state index in [1.807, 2.05) is 20.8 Å². The molecule has 0 spiro atoms. The molecule has 2 unspecified atom stereocenters. The molecule has 1 aliphatic rings. The lowest BCUT2D eigenvalue weighted by Crippen LogP contribution is -2.44. The van der Waals surface area contributed by atoms with Crippen LogP contribution in [0.5, 0.6) is 0 Å². The highest BCUT2D eigenvalue weighted by Gasteiger charge is 2.33. The summed E-state index contributed by atoms with van der Waals surface area (Å²) in [5.41, 5.74) is 0. The minimum absolute atomic E-state index is 0.181. The number of aliphatic hydroxyl groups is 1. The van der Waals surface area contributed by atoms with Crippen molar-refractivity contribution >= 4 is 0 Å². The second-order valence-corrected chi connectivity index (χ2v) is 3.81. The molecule has 0 radical (unpaired) electrons. The molecule has 1 saturated heterocycles. The van der Waals surface area contributed by atoms with Gasteiger partial charge in [-0.3, -0.25) is 0 Å². The number of ether oxygens (including phenoxy) is 2. The zero-order chi connectivity index (χ0) is 9.19. The molecule has 1 aliphatic heterocycles. The fourth-order valence-electron chi connectivity index (χ4n) is 1.51. The van der Waals surface area contributed by atoms with Crippen LogP contribution in [0.25, 0.3) is 0 Å². The maximum Gasteiger partial charge on any atom is 0.163 e. The molecule has 12 heavy (non-hydrogen) atoms. The van der Waals surface area contributed by atoms with E-state index < -0.39 is 5.79 Å². The summed E-state index contributed by atoms with van der Waals surface area (Å²) in [4.78, 5) is 0. The fourth-order valence-corrected chi connectivity index (χ4v) is 1.51. The number of hydrogen-bond acceptors (Lipinski definition) is 3. The van der Waals surface area contributed by atoms with E-state index in [2.05, 4.69) is 0 Å². The third-order valence-corrected chi connectivity index (χ3v) is 2.28. The minimum Gasteiger partial charge on any atom is -0.396 e. The molecule has 3 heteroatoms. The molecule has 72 valence electrons. The van der Waals surface area contributed by atoms with Crippen molar-refractivity contribution in [3.05, 3.63) is 0 Å². The van der Waals surface area contributed by atoms with Crippen molar-refractivity contribution in [2.24, 2.45) is 5.92 Å². The van der Waals surface area contributed by atoms with E-state index in [4.69, 9.17) is 14.6 Å². The summed E-state index contributed by atoms with van der Waals surface area (Å²) in [6, 6.07) is 0. The van der Waals surface area contributed by atoms with Crippen LogP contribution in [-0.4, -0.2) is 30.2 Å². The highest BCUT2D eigenvalue weighted by atomic mass is 16.7. The Labute approximate surface area is 73.7 Å². The van der Waals surface area contributed by atoms with Crippen molar-refractivity contribution in [3.8, 4) is 0 Å². The van der Waals surface area contributed by atoms with Gasteiger partial charge in [0.1, 0.15) is 0 Å². The Morgan fingerprint density at radius 2 is 2.17 bits per heavy atom. The van der Waals surface area contributed by atoms with Crippen LogP contribution in [0.15, 0.2) is 0 Å². The second-order valence-electron chi connectivity index (χ2n) is 3.81. The summed E-state index contributed by atoms with van der Waals surface area (Å²) >= 11 is 0. The topological polar surface area (TPSA) is 38.7 Å². The standard InChI is InChI=1S/C9H18O3/c1-7-8(4-5-10)6-11-9(2,3)12-7/h7-8,10H,4-6H2,1-3H3. The van der Waals surface area contributed by atoms with Crippen molar-refractivity contribution < 1.29 is 14.6 Å². The lowest BCUT2D eigenvalue weighted by atomic mass is 9.99. The largest absolute Gasteiger partial charge is 0.396 e. The Morgan fingerprint density at radius 3 is 2.67 bits per heavy atom. The van der Waals surface area contributed by atoms with E-state index in [0.29, 0.717) is 12.5 Å². The van der Waals surface area contributed by atoms with Gasteiger partial charge in [-0.2, -0.15) is 0 Å². The summed E-state index contributed by atoms with van der Waals surface area (Å²) in [7, 11) is 0. The zero-order valence-corrected chi connectivity index (χ0v) is 8.04. The molecule has 0 aliphatic carbocycles. The van der Waals surface area contributed by atoms with E-state index in [1.165, 1.54) is 0 Å². The van der Waals surface area contributed by atoms with Gasteiger partial charge in [0.25, 0.3) is 0 Å². The molecule has 3 nitrogen and oxygen atoms in total. The van der Waals surface area contributed by atoms with Crippen LogP contribution in [0.3, 0.4) is 0 Å². The monoisotopic (exact) mass is 174 g/mol. The van der Waals surface area contributed by atoms with Gasteiger partial charge in [-0.15, -0.1) is 0 Å². The van der Waals surface area contributed by atoms with Crippen molar-refractivity contribution in [3.63, 3.8) is 0 Å². The van der Waals surface area contributed by atoms with Gasteiger partial charge in [-0.1, -0.05) is 0 Å². The Morgan fingerprint density at radius 1 is 1.50 bits per heavy atom. The van der Waals surface area contributed by atoms with E-state index in [1.54, 1.807) is 0 Å². The van der Waals surface area contributed by atoms with Gasteiger partial charge in [0, 0.05) is 12.5 Å². The molecule has 0 aromatic heterocycles. The molecule has 1 heterocycles. The average molecular weight is 174 g/mol. The SMILES string of the molecule is CC1OC(C)(C)OCC1CCO. The van der Waals surface area contributed by atoms with Crippen molar-refractivity contribution in [1.82, 2.24) is 0 Å². The van der Waals surface area contributed by atoms with Gasteiger partial charge in [0.15, 0.2) is 5.79 Å². The van der Waals surface area contributed by atoms with Crippen LogP contribution < -0.4 is 0 Å². The summed E-state index contributed by atoms with van der Waals surface area (Å²) in [6.07, 6.45) is 0.943. The molecule has 0 bridgehead atoms. The predicted octanol–water partition coefficient (Wildman–Crippen LogP) is 1.16. The maximum absolute atomic E-state index is 8.76. The van der Waals surface area contributed by atoms with Gasteiger partial charge in [-0.25, -0.2) is 0 Å². The summed E-state index contributed by atoms with van der Waals surface area (Å²) in [6.45, 7) is 6.76. The van der Waals surface area contributed by atoms with Gasteiger partial charge >= 0.3 is 0 Å². The van der Waals surface area contributed by atoms with Crippen LogP contribution in [0.2, 0.25) is 0 Å². The van der Waals surface area contributed by atoms with Crippen LogP contribution >= 0.6 is 0 Å². The Balaban J connectivity index is 2.42. The van der Waals surface area contributed by atoms with E-state index in [9.17, 15) is 0 Å². The minimum atomic E-state index is -0.453. The first-order valence-corrected chi connectivity index (χ1v) is 4.48. The van der Waals surface area contributed by atoms with E-state index >= 15 is 0 Å². The summed E-state index contributed by atoms with van der Waals surface area (Å²) in [5, 5.41) is 8.76. The van der Waals surface area contributed by atoms with Gasteiger partial charge in [-0.05, 0) is 27.2 Å². The smallest absolute Gasteiger partial charge is 0.163 e. The third-order valence-electron chi connectivity index (χ3n) is 2.28. The van der Waals surface area contributed by atoms with Crippen LogP contribution in [0.1, 0.15) is 27.2 Å². The Bertz CT molecular complexity index is 145. The molecule has 0 aromatic carbocycles. The van der Waals surface area contributed by atoms with E-state index in [0.717, 1.165) is 6.42 Å². The number of rotatable bonds is 2. The Kier molecular flexibility index (Phi) is 3.09. The zero-order valence-electron chi connectivity index (χ0n) is 8.04. The van der Waals surface area contributed by atoms with Gasteiger partial charge in [0.05, 0.1) is 12.7 Å². The molecule has 1 rings (SSSR count). The molecule has 0 saturated carbocycles. The fraction of sp³-hybridized carbons (Fsp3) is 1.00. The first-order chi connectivity index (χ1) is 5.55. The predicted molar refractivity (Wildman–Crippen MR) is 45.8 cm³/mol. The molecule has 2 atom stereocenters. The molecule has 1 N–H and O–H groups in total. The van der Waals surface area contributed by atoms with Crippen molar-refractivity contribution in [2.75, 3.05) is 13.2 Å². The summed E-state index contributed by atoms with van der Waals surface area (Å²) < 4.78 is 11.1. The van der Waals surface area contributed by atoms with Crippen LogP contribution in [0.4, 0.5) is 0 Å². The molecule has 0 amide bonds. The molecular formula is C9H18O3. The first-order valence-electron chi connectivity index (χ1n) is 4.48. The number of aliphatic hydroxyl groups excluding tert-OH is 1. The average Bonchev–Trinajstić information content (AvgIpc) is 1.94. The van der Waals surface area contributed by atoms with Gasteiger partial charge in [0.2, 0.25) is 0 Å². The lowest BCUT2D eigenvalue weighted by Gasteiger charge is -2.39. The molecule has 0 aromatic rings. The Hall–Kier alpha value is -0.120. The molecular weight excluding hydrogens is 156 g/mol. The second kappa shape index (κ2) is 3.73. The highest BCUT2D eigenvalue weighted by molar-refractivity contribution is 4.74.